The molecule has 0 heterocycles. The Morgan fingerprint density at radius 3 is 2.24 bits per heavy atom. The highest BCUT2D eigenvalue weighted by molar-refractivity contribution is 5.73. The molecule has 0 aliphatic carbocycles. The molecular formula is C14H29NO2. The van der Waals surface area contributed by atoms with E-state index in [1.165, 1.54) is 32.1 Å². The van der Waals surface area contributed by atoms with Crippen LogP contribution in [0.2, 0.25) is 0 Å². The number of aliphatic carboxylic acids is 1. The molecule has 0 aliphatic heterocycles. The zero-order valence-corrected chi connectivity index (χ0v) is 11.7. The molecule has 0 amide bonds. The van der Waals surface area contributed by atoms with Crippen LogP contribution < -0.4 is 5.32 Å². The van der Waals surface area contributed by atoms with Gasteiger partial charge in [0.25, 0.3) is 0 Å². The molecule has 0 fully saturated rings. The Balaban J connectivity index is 3.67. The summed E-state index contributed by atoms with van der Waals surface area (Å²) in [5, 5.41) is 12.2. The second kappa shape index (κ2) is 10.6. The zero-order valence-electron chi connectivity index (χ0n) is 11.7. The number of hydrogen-bond acceptors (Lipinski definition) is 2. The van der Waals surface area contributed by atoms with Crippen molar-refractivity contribution in [2.45, 2.75) is 84.2 Å². The van der Waals surface area contributed by atoms with Gasteiger partial charge in [0.05, 0.1) is 0 Å². The molecule has 102 valence electrons. The first-order chi connectivity index (χ1) is 8.11. The smallest absolute Gasteiger partial charge is 0.320 e. The third kappa shape index (κ3) is 9.16. The summed E-state index contributed by atoms with van der Waals surface area (Å²) in [4.78, 5) is 11.0. The fraction of sp³-hybridized carbons (Fsp3) is 0.929. The van der Waals surface area contributed by atoms with E-state index in [9.17, 15) is 4.79 Å². The Morgan fingerprint density at radius 2 is 1.71 bits per heavy atom. The minimum atomic E-state index is -0.718. The number of carboxylic acid groups (broad SMARTS) is 1. The fourth-order valence-corrected chi connectivity index (χ4v) is 2.05. The first-order valence-electron chi connectivity index (χ1n) is 7.10. The molecule has 0 aromatic carbocycles. The van der Waals surface area contributed by atoms with E-state index >= 15 is 0 Å². The van der Waals surface area contributed by atoms with Crippen molar-refractivity contribution in [2.24, 2.45) is 0 Å². The quantitative estimate of drug-likeness (QED) is 0.545. The van der Waals surface area contributed by atoms with Crippen molar-refractivity contribution in [2.75, 3.05) is 0 Å². The van der Waals surface area contributed by atoms with E-state index in [0.717, 1.165) is 19.3 Å². The van der Waals surface area contributed by atoms with Gasteiger partial charge in [-0.1, -0.05) is 52.4 Å². The maximum Gasteiger partial charge on any atom is 0.320 e. The van der Waals surface area contributed by atoms with E-state index in [1.54, 1.807) is 0 Å². The summed E-state index contributed by atoms with van der Waals surface area (Å²) in [6, 6.07) is -0.0603. The van der Waals surface area contributed by atoms with Crippen LogP contribution in [0.15, 0.2) is 0 Å². The lowest BCUT2D eigenvalue weighted by Crippen LogP contribution is -2.41. The molecule has 0 saturated carbocycles. The maximum absolute atomic E-state index is 11.0. The van der Waals surface area contributed by atoms with Crippen molar-refractivity contribution in [1.82, 2.24) is 5.32 Å². The molecule has 2 N–H and O–H groups in total. The molecule has 0 bridgehead atoms. The standard InChI is InChI=1S/C14H29NO2/c1-4-6-7-8-9-11-12(3)15-13(10-5-2)14(16)17/h12-13,15H,4-11H2,1-3H3,(H,16,17). The van der Waals surface area contributed by atoms with Crippen molar-refractivity contribution in [1.29, 1.82) is 0 Å². The highest BCUT2D eigenvalue weighted by atomic mass is 16.4. The van der Waals surface area contributed by atoms with Crippen LogP contribution in [0.25, 0.3) is 0 Å². The zero-order chi connectivity index (χ0) is 13.1. The normalized spacial score (nSPS) is 14.5. The van der Waals surface area contributed by atoms with Crippen LogP contribution in [0.5, 0.6) is 0 Å². The van der Waals surface area contributed by atoms with Gasteiger partial charge >= 0.3 is 5.97 Å². The van der Waals surface area contributed by atoms with E-state index in [0.29, 0.717) is 6.04 Å². The molecule has 0 radical (unpaired) electrons. The lowest BCUT2D eigenvalue weighted by Gasteiger charge is -2.19. The summed E-state index contributed by atoms with van der Waals surface area (Å²) in [6.07, 6.45) is 9.07. The monoisotopic (exact) mass is 243 g/mol. The first kappa shape index (κ1) is 16.4. The fourth-order valence-electron chi connectivity index (χ4n) is 2.05. The van der Waals surface area contributed by atoms with Crippen LogP contribution in [-0.2, 0) is 4.79 Å². The molecule has 0 rings (SSSR count). The number of carbonyl (C=O) groups is 1. The predicted octanol–water partition coefficient (Wildman–Crippen LogP) is 3.58. The van der Waals surface area contributed by atoms with Gasteiger partial charge < -0.3 is 10.4 Å². The van der Waals surface area contributed by atoms with Crippen molar-refractivity contribution in [3.8, 4) is 0 Å². The van der Waals surface area contributed by atoms with Crippen LogP contribution in [0, 0.1) is 0 Å². The van der Waals surface area contributed by atoms with Crippen LogP contribution in [0.4, 0.5) is 0 Å². The van der Waals surface area contributed by atoms with Gasteiger partial charge in [-0.2, -0.15) is 0 Å². The first-order valence-corrected chi connectivity index (χ1v) is 7.10. The summed E-state index contributed by atoms with van der Waals surface area (Å²) in [6.45, 7) is 6.32. The van der Waals surface area contributed by atoms with Crippen molar-refractivity contribution in [3.05, 3.63) is 0 Å². The number of carboxylic acids is 1. The van der Waals surface area contributed by atoms with Crippen molar-refractivity contribution < 1.29 is 9.90 Å². The number of nitrogens with one attached hydrogen (secondary N) is 1. The summed E-state index contributed by atoms with van der Waals surface area (Å²) in [5.41, 5.74) is 0. The molecule has 2 atom stereocenters. The molecule has 0 saturated heterocycles. The van der Waals surface area contributed by atoms with E-state index < -0.39 is 5.97 Å². The largest absolute Gasteiger partial charge is 0.480 e. The van der Waals surface area contributed by atoms with Gasteiger partial charge in [0, 0.05) is 6.04 Å². The predicted molar refractivity (Wildman–Crippen MR) is 72.3 cm³/mol. The second-order valence-electron chi connectivity index (χ2n) is 4.95. The Morgan fingerprint density at radius 1 is 1.06 bits per heavy atom. The van der Waals surface area contributed by atoms with Gasteiger partial charge in [0.2, 0.25) is 0 Å². The molecular weight excluding hydrogens is 214 g/mol. The van der Waals surface area contributed by atoms with Crippen molar-refractivity contribution >= 4 is 5.97 Å². The van der Waals surface area contributed by atoms with Crippen LogP contribution in [0.1, 0.15) is 72.1 Å². The molecule has 17 heavy (non-hydrogen) atoms. The van der Waals surface area contributed by atoms with Gasteiger partial charge in [-0.05, 0) is 19.8 Å². The molecule has 0 spiro atoms. The Labute approximate surface area is 106 Å². The Hall–Kier alpha value is -0.570. The Bertz CT molecular complexity index is 195. The van der Waals surface area contributed by atoms with Crippen LogP contribution >= 0.6 is 0 Å². The summed E-state index contributed by atoms with van der Waals surface area (Å²) >= 11 is 0. The second-order valence-corrected chi connectivity index (χ2v) is 4.95. The molecule has 2 unspecified atom stereocenters. The molecule has 3 heteroatoms. The lowest BCUT2D eigenvalue weighted by atomic mass is 10.1. The molecule has 0 aliphatic rings. The minimum absolute atomic E-state index is 0.310. The number of rotatable bonds is 11. The van der Waals surface area contributed by atoms with E-state index in [-0.39, 0.29) is 6.04 Å². The SMILES string of the molecule is CCCCCCCC(C)NC(CCC)C(=O)O. The topological polar surface area (TPSA) is 49.3 Å². The van der Waals surface area contributed by atoms with E-state index in [4.69, 9.17) is 5.11 Å². The van der Waals surface area contributed by atoms with Gasteiger partial charge in [0.1, 0.15) is 6.04 Å². The van der Waals surface area contributed by atoms with E-state index in [2.05, 4.69) is 19.2 Å². The van der Waals surface area contributed by atoms with Crippen LogP contribution in [-0.4, -0.2) is 23.2 Å². The third-order valence-corrected chi connectivity index (χ3v) is 3.10. The highest BCUT2D eigenvalue weighted by Crippen LogP contribution is 2.08. The molecule has 3 nitrogen and oxygen atoms in total. The summed E-state index contributed by atoms with van der Waals surface area (Å²) < 4.78 is 0. The summed E-state index contributed by atoms with van der Waals surface area (Å²) in [7, 11) is 0. The third-order valence-electron chi connectivity index (χ3n) is 3.10. The molecule has 0 aromatic heterocycles. The minimum Gasteiger partial charge on any atom is -0.480 e. The van der Waals surface area contributed by atoms with E-state index in [1.807, 2.05) is 6.92 Å². The maximum atomic E-state index is 11.0. The number of hydrogen-bond donors (Lipinski definition) is 2. The average molecular weight is 243 g/mol. The Kier molecular flexibility index (Phi) is 10.2. The van der Waals surface area contributed by atoms with Gasteiger partial charge in [-0.3, -0.25) is 4.79 Å². The lowest BCUT2D eigenvalue weighted by molar-refractivity contribution is -0.139. The van der Waals surface area contributed by atoms with Crippen LogP contribution in [0.3, 0.4) is 0 Å². The number of unbranched alkanes of at least 4 members (excludes halogenated alkanes) is 4. The summed E-state index contributed by atoms with van der Waals surface area (Å²) in [5.74, 6) is -0.718. The van der Waals surface area contributed by atoms with Gasteiger partial charge in [-0.15, -0.1) is 0 Å². The van der Waals surface area contributed by atoms with Crippen molar-refractivity contribution in [3.63, 3.8) is 0 Å². The molecule has 0 aromatic rings. The van der Waals surface area contributed by atoms with Gasteiger partial charge in [-0.25, -0.2) is 0 Å². The average Bonchev–Trinajstić information content (AvgIpc) is 2.28. The highest BCUT2D eigenvalue weighted by Gasteiger charge is 2.17. The van der Waals surface area contributed by atoms with Gasteiger partial charge in [0.15, 0.2) is 0 Å².